The Morgan fingerprint density at radius 3 is 2.27 bits per heavy atom. The van der Waals surface area contributed by atoms with E-state index in [4.69, 9.17) is 13.9 Å². The Morgan fingerprint density at radius 2 is 1.63 bits per heavy atom. The van der Waals surface area contributed by atoms with Crippen LogP contribution in [0.2, 0.25) is 0 Å². The monoisotopic (exact) mass is 567 g/mol. The zero-order chi connectivity index (χ0) is 30.4. The number of H-pyrrole nitrogens is 1. The number of esters is 1. The van der Waals surface area contributed by atoms with Crippen molar-refractivity contribution in [3.8, 4) is 22.7 Å². The van der Waals surface area contributed by atoms with Crippen LogP contribution >= 0.6 is 0 Å². The van der Waals surface area contributed by atoms with Gasteiger partial charge in [-0.1, -0.05) is 26.0 Å². The van der Waals surface area contributed by atoms with E-state index in [1.54, 1.807) is 26.8 Å². The van der Waals surface area contributed by atoms with Gasteiger partial charge in [0.2, 0.25) is 11.7 Å². The first-order chi connectivity index (χ1) is 19.2. The van der Waals surface area contributed by atoms with Gasteiger partial charge in [0, 0.05) is 17.2 Å². The SMILES string of the molecule is CCC(CC)NC(=O)c1cnc(-c2cccc(-c3cc(C(=O)N[C@@H](COC(C)(C)C)C(=O)OC(C)(C)C)n[nH]3)c2)o1. The highest BCUT2D eigenvalue weighted by atomic mass is 16.6. The highest BCUT2D eigenvalue weighted by molar-refractivity contribution is 5.96. The Hall–Kier alpha value is -3.99. The molecule has 3 aromatic rings. The zero-order valence-corrected chi connectivity index (χ0v) is 25.1. The third-order valence-corrected chi connectivity index (χ3v) is 5.96. The molecule has 41 heavy (non-hydrogen) atoms. The molecule has 1 aromatic carbocycles. The lowest BCUT2D eigenvalue weighted by Gasteiger charge is -2.27. The summed E-state index contributed by atoms with van der Waals surface area (Å²) in [5.74, 6) is -1.04. The summed E-state index contributed by atoms with van der Waals surface area (Å²) >= 11 is 0. The van der Waals surface area contributed by atoms with Gasteiger partial charge in [-0.3, -0.25) is 14.7 Å². The minimum atomic E-state index is -1.02. The average molecular weight is 568 g/mol. The Morgan fingerprint density at radius 1 is 0.951 bits per heavy atom. The van der Waals surface area contributed by atoms with Gasteiger partial charge >= 0.3 is 5.97 Å². The molecular weight excluding hydrogens is 526 g/mol. The van der Waals surface area contributed by atoms with Gasteiger partial charge < -0.3 is 24.5 Å². The zero-order valence-electron chi connectivity index (χ0n) is 25.1. The van der Waals surface area contributed by atoms with Crippen molar-refractivity contribution in [1.29, 1.82) is 0 Å². The van der Waals surface area contributed by atoms with Gasteiger partial charge in [0.25, 0.3) is 11.8 Å². The van der Waals surface area contributed by atoms with E-state index in [9.17, 15) is 14.4 Å². The van der Waals surface area contributed by atoms with E-state index in [1.165, 1.54) is 6.20 Å². The van der Waals surface area contributed by atoms with Gasteiger partial charge in [0.1, 0.15) is 5.60 Å². The highest BCUT2D eigenvalue weighted by Gasteiger charge is 2.29. The number of hydrogen-bond acceptors (Lipinski definition) is 8. The summed E-state index contributed by atoms with van der Waals surface area (Å²) in [5.41, 5.74) is 0.772. The molecule has 0 unspecified atom stereocenters. The van der Waals surface area contributed by atoms with E-state index in [-0.39, 0.29) is 35.9 Å². The molecule has 0 aliphatic heterocycles. The lowest BCUT2D eigenvalue weighted by atomic mass is 10.1. The van der Waals surface area contributed by atoms with E-state index < -0.39 is 29.1 Å². The third kappa shape index (κ3) is 9.28. The van der Waals surface area contributed by atoms with Crippen LogP contribution in [0.4, 0.5) is 0 Å². The fourth-order valence-corrected chi connectivity index (χ4v) is 3.77. The second-order valence-electron chi connectivity index (χ2n) is 11.7. The van der Waals surface area contributed by atoms with E-state index in [1.807, 2.05) is 58.9 Å². The van der Waals surface area contributed by atoms with E-state index in [2.05, 4.69) is 25.8 Å². The van der Waals surface area contributed by atoms with E-state index in [0.29, 0.717) is 11.3 Å². The quantitative estimate of drug-likeness (QED) is 0.277. The normalized spacial score (nSPS) is 12.7. The van der Waals surface area contributed by atoms with Crippen molar-refractivity contribution in [2.24, 2.45) is 0 Å². The number of hydrogen-bond donors (Lipinski definition) is 3. The van der Waals surface area contributed by atoms with Crippen LogP contribution in [0.3, 0.4) is 0 Å². The van der Waals surface area contributed by atoms with Gasteiger partial charge in [0.15, 0.2) is 11.7 Å². The number of nitrogens with one attached hydrogen (secondary N) is 3. The van der Waals surface area contributed by atoms with Crippen LogP contribution in [0.25, 0.3) is 22.7 Å². The molecule has 0 saturated heterocycles. The summed E-state index contributed by atoms with van der Waals surface area (Å²) in [6.07, 6.45) is 3.05. The fraction of sp³-hybridized carbons (Fsp3) is 0.500. The number of nitrogens with zero attached hydrogens (tertiary/aromatic N) is 2. The van der Waals surface area contributed by atoms with Crippen LogP contribution in [-0.4, -0.2) is 62.9 Å². The number of aromatic amines is 1. The second kappa shape index (κ2) is 13.1. The number of ether oxygens (including phenoxy) is 2. The van der Waals surface area contributed by atoms with Crippen molar-refractivity contribution in [2.45, 2.75) is 91.5 Å². The summed E-state index contributed by atoms with van der Waals surface area (Å²) in [6, 6.07) is 7.88. The number of benzene rings is 1. The summed E-state index contributed by atoms with van der Waals surface area (Å²) in [7, 11) is 0. The molecule has 0 radical (unpaired) electrons. The molecule has 2 amide bonds. The van der Waals surface area contributed by atoms with Gasteiger partial charge in [-0.15, -0.1) is 0 Å². The molecule has 3 N–H and O–H groups in total. The molecule has 0 saturated carbocycles. The Bertz CT molecular complexity index is 1340. The van der Waals surface area contributed by atoms with Gasteiger partial charge in [-0.2, -0.15) is 5.10 Å². The molecule has 0 aliphatic carbocycles. The van der Waals surface area contributed by atoms with Crippen molar-refractivity contribution in [3.63, 3.8) is 0 Å². The smallest absolute Gasteiger partial charge is 0.331 e. The standard InChI is InChI=1S/C30H41N5O6/c1-9-20(10-2)32-26(37)24-16-31-27(40-24)19-13-11-12-18(14-19)21-15-22(35-34-21)25(36)33-23(17-39-29(3,4)5)28(38)41-30(6,7)8/h11-16,20,23H,9-10,17H2,1-8H3,(H,32,37)(H,33,36)(H,34,35)/t23-/m0/s1. The van der Waals surface area contributed by atoms with Crippen LogP contribution in [0.5, 0.6) is 0 Å². The van der Waals surface area contributed by atoms with Crippen LogP contribution in [0.15, 0.2) is 40.9 Å². The maximum absolute atomic E-state index is 13.0. The molecule has 11 heteroatoms. The van der Waals surface area contributed by atoms with Crippen molar-refractivity contribution >= 4 is 17.8 Å². The molecule has 11 nitrogen and oxygen atoms in total. The van der Waals surface area contributed by atoms with Crippen LogP contribution in [0.1, 0.15) is 89.3 Å². The maximum atomic E-state index is 13.0. The minimum absolute atomic E-state index is 0.0584. The topological polar surface area (TPSA) is 148 Å². The molecule has 1 atom stereocenters. The third-order valence-electron chi connectivity index (χ3n) is 5.96. The number of amides is 2. The molecule has 0 fully saturated rings. The summed E-state index contributed by atoms with van der Waals surface area (Å²) in [6.45, 7) is 14.8. The minimum Gasteiger partial charge on any atom is -0.458 e. The fourth-order valence-electron chi connectivity index (χ4n) is 3.77. The van der Waals surface area contributed by atoms with Crippen molar-refractivity contribution < 1.29 is 28.3 Å². The summed E-state index contributed by atoms with van der Waals surface area (Å²) in [5, 5.41) is 12.6. The molecule has 0 bridgehead atoms. The average Bonchev–Trinajstić information content (AvgIpc) is 3.59. The van der Waals surface area contributed by atoms with Crippen LogP contribution in [-0.2, 0) is 14.3 Å². The van der Waals surface area contributed by atoms with Crippen molar-refractivity contribution in [3.05, 3.63) is 48.0 Å². The second-order valence-corrected chi connectivity index (χ2v) is 11.7. The lowest BCUT2D eigenvalue weighted by molar-refractivity contribution is -0.160. The molecule has 2 aromatic heterocycles. The molecule has 3 rings (SSSR count). The number of oxazole rings is 1. The number of carbonyl (C=O) groups is 3. The largest absolute Gasteiger partial charge is 0.458 e. The summed E-state index contributed by atoms with van der Waals surface area (Å²) < 4.78 is 17.0. The maximum Gasteiger partial charge on any atom is 0.331 e. The van der Waals surface area contributed by atoms with E-state index >= 15 is 0 Å². The van der Waals surface area contributed by atoms with Gasteiger partial charge in [-0.25, -0.2) is 9.78 Å². The Balaban J connectivity index is 1.75. The molecular formula is C30H41N5O6. The molecule has 0 aliphatic rings. The van der Waals surface area contributed by atoms with Crippen molar-refractivity contribution in [1.82, 2.24) is 25.8 Å². The number of aromatic nitrogens is 3. The predicted octanol–water partition coefficient (Wildman–Crippen LogP) is 4.91. The van der Waals surface area contributed by atoms with E-state index in [0.717, 1.165) is 18.4 Å². The summed E-state index contributed by atoms with van der Waals surface area (Å²) in [4.78, 5) is 42.6. The first kappa shape index (κ1) is 31.5. The van der Waals surface area contributed by atoms with Crippen molar-refractivity contribution in [2.75, 3.05) is 6.61 Å². The van der Waals surface area contributed by atoms with Gasteiger partial charge in [0.05, 0.1) is 24.1 Å². The molecule has 0 spiro atoms. The molecule has 2 heterocycles. The Labute approximate surface area is 240 Å². The predicted molar refractivity (Wildman–Crippen MR) is 154 cm³/mol. The number of rotatable bonds is 11. The first-order valence-electron chi connectivity index (χ1n) is 13.8. The number of carbonyl (C=O) groups excluding carboxylic acids is 3. The van der Waals surface area contributed by atoms with Gasteiger partial charge in [-0.05, 0) is 72.6 Å². The highest BCUT2D eigenvalue weighted by Crippen LogP contribution is 2.26. The lowest BCUT2D eigenvalue weighted by Crippen LogP contribution is -2.48. The van der Waals surface area contributed by atoms with Crippen LogP contribution in [0, 0.1) is 0 Å². The Kier molecular flexibility index (Phi) is 10.1. The first-order valence-corrected chi connectivity index (χ1v) is 13.8. The molecule has 222 valence electrons. The van der Waals surface area contributed by atoms with Crippen LogP contribution < -0.4 is 10.6 Å².